The molecule has 33 heavy (non-hydrogen) atoms. The molecular formula is C27H31N5O. The van der Waals surface area contributed by atoms with Gasteiger partial charge in [-0.1, -0.05) is 30.3 Å². The summed E-state index contributed by atoms with van der Waals surface area (Å²) in [7, 11) is 0. The van der Waals surface area contributed by atoms with Gasteiger partial charge in [0.1, 0.15) is 5.82 Å². The molecule has 5 rings (SSSR count). The Morgan fingerprint density at radius 1 is 1.03 bits per heavy atom. The number of rotatable bonds is 5. The number of carbonyl (C=O) groups excluding carboxylic acids is 1. The number of nitrogens with zero attached hydrogens (tertiary/aromatic N) is 5. The van der Waals surface area contributed by atoms with Crippen molar-refractivity contribution in [3.8, 4) is 0 Å². The maximum Gasteiger partial charge on any atom is 0.256 e. The zero-order chi connectivity index (χ0) is 22.6. The quantitative estimate of drug-likeness (QED) is 0.582. The van der Waals surface area contributed by atoms with Gasteiger partial charge >= 0.3 is 0 Å². The number of aromatic nitrogens is 3. The molecule has 3 aromatic rings. The maximum atomic E-state index is 13.3. The summed E-state index contributed by atoms with van der Waals surface area (Å²) in [5.41, 5.74) is 4.29. The molecule has 0 radical (unpaired) electrons. The molecule has 0 N–H and O–H groups in total. The van der Waals surface area contributed by atoms with E-state index in [0.717, 1.165) is 75.5 Å². The second kappa shape index (κ2) is 9.69. The average Bonchev–Trinajstić information content (AvgIpc) is 2.88. The highest BCUT2D eigenvalue weighted by molar-refractivity contribution is 5.94. The van der Waals surface area contributed by atoms with Crippen molar-refractivity contribution >= 4 is 11.7 Å². The largest absolute Gasteiger partial charge is 0.356 e. The fourth-order valence-electron chi connectivity index (χ4n) is 5.08. The minimum Gasteiger partial charge on any atom is -0.356 e. The van der Waals surface area contributed by atoms with Crippen LogP contribution >= 0.6 is 0 Å². The van der Waals surface area contributed by atoms with E-state index in [4.69, 9.17) is 9.97 Å². The van der Waals surface area contributed by atoms with Crippen LogP contribution in [0.1, 0.15) is 64.7 Å². The zero-order valence-corrected chi connectivity index (χ0v) is 19.3. The highest BCUT2D eigenvalue weighted by Crippen LogP contribution is 2.34. The van der Waals surface area contributed by atoms with Crippen LogP contribution in [0.3, 0.4) is 0 Å². The Labute approximate surface area is 195 Å². The van der Waals surface area contributed by atoms with Gasteiger partial charge in [0.15, 0.2) is 5.82 Å². The van der Waals surface area contributed by atoms with Crippen molar-refractivity contribution in [1.82, 2.24) is 19.9 Å². The molecule has 1 amide bonds. The molecule has 1 atom stereocenters. The fourth-order valence-corrected chi connectivity index (χ4v) is 5.08. The third-order valence-corrected chi connectivity index (χ3v) is 6.85. The normalized spacial score (nSPS) is 18.2. The lowest BCUT2D eigenvalue weighted by Gasteiger charge is -2.36. The van der Waals surface area contributed by atoms with Crippen LogP contribution in [0.4, 0.5) is 5.82 Å². The van der Waals surface area contributed by atoms with E-state index < -0.39 is 0 Å². The maximum absolute atomic E-state index is 13.3. The summed E-state index contributed by atoms with van der Waals surface area (Å²) >= 11 is 0. The van der Waals surface area contributed by atoms with Crippen LogP contribution in [0.2, 0.25) is 0 Å². The first-order valence-electron chi connectivity index (χ1n) is 12.1. The van der Waals surface area contributed by atoms with Crippen LogP contribution in [-0.4, -0.2) is 45.4 Å². The number of hydrogen-bond donors (Lipinski definition) is 0. The number of piperidine rings is 1. The first-order valence-corrected chi connectivity index (χ1v) is 12.1. The van der Waals surface area contributed by atoms with Crippen molar-refractivity contribution in [1.29, 1.82) is 0 Å². The van der Waals surface area contributed by atoms with E-state index >= 15 is 0 Å². The Balaban J connectivity index is 1.43. The summed E-state index contributed by atoms with van der Waals surface area (Å²) in [5, 5.41) is 0. The van der Waals surface area contributed by atoms with Crippen molar-refractivity contribution in [2.75, 3.05) is 24.5 Å². The molecule has 0 unspecified atom stereocenters. The molecule has 1 aromatic carbocycles. The van der Waals surface area contributed by atoms with Crippen LogP contribution in [0.15, 0.2) is 54.9 Å². The number of benzene rings is 1. The molecule has 6 heteroatoms. The van der Waals surface area contributed by atoms with Gasteiger partial charge in [-0.15, -0.1) is 0 Å². The number of amides is 1. The molecule has 1 saturated heterocycles. The first-order chi connectivity index (χ1) is 16.2. The third-order valence-electron chi connectivity index (χ3n) is 6.85. The molecule has 1 fully saturated rings. The molecule has 6 nitrogen and oxygen atoms in total. The van der Waals surface area contributed by atoms with Crippen LogP contribution in [0, 0.1) is 6.92 Å². The van der Waals surface area contributed by atoms with E-state index in [2.05, 4.69) is 47.1 Å². The summed E-state index contributed by atoms with van der Waals surface area (Å²) in [6, 6.07) is 14.2. The monoisotopic (exact) mass is 441 g/mol. The summed E-state index contributed by atoms with van der Waals surface area (Å²) in [4.78, 5) is 31.9. The second-order valence-corrected chi connectivity index (χ2v) is 9.05. The molecule has 2 aliphatic rings. The van der Waals surface area contributed by atoms with Gasteiger partial charge in [0.2, 0.25) is 0 Å². The van der Waals surface area contributed by atoms with Crippen molar-refractivity contribution < 1.29 is 4.79 Å². The number of likely N-dealkylation sites (tertiary alicyclic amines) is 1. The lowest BCUT2D eigenvalue weighted by atomic mass is 9.98. The van der Waals surface area contributed by atoms with E-state index in [9.17, 15) is 4.79 Å². The Morgan fingerprint density at radius 2 is 1.91 bits per heavy atom. The number of hydrogen-bond acceptors (Lipinski definition) is 5. The van der Waals surface area contributed by atoms with Gasteiger partial charge < -0.3 is 9.80 Å². The molecule has 4 heterocycles. The summed E-state index contributed by atoms with van der Waals surface area (Å²) in [5.74, 6) is 1.88. The zero-order valence-electron chi connectivity index (χ0n) is 19.3. The number of aryl methyl sites for hydroxylation is 1. The second-order valence-electron chi connectivity index (χ2n) is 9.05. The van der Waals surface area contributed by atoms with Crippen LogP contribution in [0.5, 0.6) is 0 Å². The lowest BCUT2D eigenvalue weighted by molar-refractivity contribution is 0.0599. The Morgan fingerprint density at radius 3 is 2.73 bits per heavy atom. The molecule has 0 spiro atoms. The molecule has 170 valence electrons. The van der Waals surface area contributed by atoms with E-state index in [1.165, 1.54) is 11.1 Å². The predicted octanol–water partition coefficient (Wildman–Crippen LogP) is 4.54. The molecular weight excluding hydrogens is 410 g/mol. The average molecular weight is 442 g/mol. The summed E-state index contributed by atoms with van der Waals surface area (Å²) in [6.07, 6.45) is 9.48. The SMILES string of the molecule is Cc1nc([C@H]2CCCCN2C(=O)c2cccnc2)nc2c1CCCN2CCc1ccccc1. The molecule has 0 bridgehead atoms. The standard InChI is InChI=1S/C27H31N5O/c1-20-23-12-8-16-31(18-14-21-9-3-2-4-10-21)26(23)30-25(29-20)24-13-5-6-17-32(24)27(33)22-11-7-15-28-19-22/h2-4,7,9-11,15,19,24H,5-6,8,12-14,16-18H2,1H3/t24-/m1/s1. The van der Waals surface area contributed by atoms with E-state index in [1.54, 1.807) is 12.4 Å². The number of fused-ring (bicyclic) bond motifs is 1. The van der Waals surface area contributed by atoms with Gasteiger partial charge in [-0.05, 0) is 63.1 Å². The van der Waals surface area contributed by atoms with Gasteiger partial charge in [0.05, 0.1) is 11.6 Å². The van der Waals surface area contributed by atoms with Gasteiger partial charge in [0, 0.05) is 43.3 Å². The van der Waals surface area contributed by atoms with Crippen molar-refractivity contribution in [3.05, 3.63) is 83.1 Å². The van der Waals surface area contributed by atoms with Crippen LogP contribution in [-0.2, 0) is 12.8 Å². The van der Waals surface area contributed by atoms with Crippen LogP contribution in [0.25, 0.3) is 0 Å². The minimum atomic E-state index is -0.0895. The number of carbonyl (C=O) groups is 1. The summed E-state index contributed by atoms with van der Waals surface area (Å²) < 4.78 is 0. The molecule has 0 saturated carbocycles. The molecule has 0 aliphatic carbocycles. The van der Waals surface area contributed by atoms with Gasteiger partial charge in [-0.2, -0.15) is 0 Å². The molecule has 2 aliphatic heterocycles. The van der Waals surface area contributed by atoms with E-state index in [0.29, 0.717) is 5.56 Å². The Kier molecular flexibility index (Phi) is 6.33. The van der Waals surface area contributed by atoms with Gasteiger partial charge in [0.25, 0.3) is 5.91 Å². The third kappa shape index (κ3) is 4.61. The minimum absolute atomic E-state index is 0.0210. The van der Waals surface area contributed by atoms with Crippen molar-refractivity contribution in [2.24, 2.45) is 0 Å². The van der Waals surface area contributed by atoms with Crippen molar-refractivity contribution in [3.63, 3.8) is 0 Å². The molecule has 2 aromatic heterocycles. The number of anilines is 1. The summed E-state index contributed by atoms with van der Waals surface area (Å²) in [6.45, 7) is 4.78. The first kappa shape index (κ1) is 21.6. The Hall–Kier alpha value is -3.28. The van der Waals surface area contributed by atoms with E-state index in [1.807, 2.05) is 17.0 Å². The lowest BCUT2D eigenvalue weighted by Crippen LogP contribution is -2.40. The van der Waals surface area contributed by atoms with E-state index in [-0.39, 0.29) is 11.9 Å². The smallest absolute Gasteiger partial charge is 0.256 e. The highest BCUT2D eigenvalue weighted by Gasteiger charge is 2.32. The van der Waals surface area contributed by atoms with Gasteiger partial charge in [-0.3, -0.25) is 9.78 Å². The predicted molar refractivity (Wildman–Crippen MR) is 129 cm³/mol. The van der Waals surface area contributed by atoms with Crippen molar-refractivity contribution in [2.45, 2.75) is 51.5 Å². The Bertz CT molecular complexity index is 1100. The van der Waals surface area contributed by atoms with Gasteiger partial charge in [-0.25, -0.2) is 9.97 Å². The highest BCUT2D eigenvalue weighted by atomic mass is 16.2. The fraction of sp³-hybridized carbons (Fsp3) is 0.407. The van der Waals surface area contributed by atoms with Crippen LogP contribution < -0.4 is 4.90 Å². The number of pyridine rings is 1. The topological polar surface area (TPSA) is 62.2 Å².